The molecule has 0 aliphatic heterocycles. The molecule has 4 N–H and O–H groups in total. The number of anilines is 2. The van der Waals surface area contributed by atoms with Gasteiger partial charge in [-0.05, 0) is 116 Å². The van der Waals surface area contributed by atoms with Crippen LogP contribution in [0, 0.1) is 63.6 Å². The van der Waals surface area contributed by atoms with Crippen molar-refractivity contribution >= 4 is 35.6 Å². The third-order valence-corrected chi connectivity index (χ3v) is 11.9. The van der Waals surface area contributed by atoms with Gasteiger partial charge in [0, 0.05) is 41.3 Å². The molecule has 8 unspecified atom stereocenters. The summed E-state index contributed by atoms with van der Waals surface area (Å²) in [5, 5.41) is 26.1. The Bertz CT molecular complexity index is 1340. The molecule has 7 nitrogen and oxygen atoms in total. The molecule has 41 heavy (non-hydrogen) atoms. The number of oxime groups is 1. The van der Waals surface area contributed by atoms with Crippen molar-refractivity contribution in [1.29, 1.82) is 5.41 Å². The van der Waals surface area contributed by atoms with Gasteiger partial charge in [-0.3, -0.25) is 9.59 Å². The van der Waals surface area contributed by atoms with Crippen molar-refractivity contribution in [3.63, 3.8) is 0 Å². The molecule has 0 radical (unpaired) electrons. The molecule has 7 heteroatoms. The van der Waals surface area contributed by atoms with E-state index in [4.69, 9.17) is 10.6 Å². The fourth-order valence-corrected chi connectivity index (χ4v) is 10.2. The minimum atomic E-state index is -0.0395. The van der Waals surface area contributed by atoms with Crippen LogP contribution in [0.1, 0.15) is 51.4 Å². The summed E-state index contributed by atoms with van der Waals surface area (Å²) >= 11 is 0. The molecule has 0 saturated heterocycles. The number of carbonyl (C=O) groups excluding carboxylic acids is 2. The number of hydrogen-bond donors (Lipinski definition) is 4. The number of nitrogens with one attached hydrogen (secondary N) is 3. The molecular weight excluding hydrogens is 512 g/mol. The maximum absolute atomic E-state index is 12.8. The van der Waals surface area contributed by atoms with E-state index in [0.717, 1.165) is 17.8 Å². The number of nitrogens with zero attached hydrogens (tertiary/aromatic N) is 1. The standard InChI is InChI=1S/C17H20N2O2.C17H20N2O/c20-16(19-11-4-2-1-3-5-11)15-12(10-18-21)13-6-7-14(15)17(13)8-9-17;18-10-12-13-6-7-14(17(13)8-9-17)15(12)16(20)19-11-4-2-1-3-5-11/h1-5,10,12-15,21H,6-9H2,(H,19,20);1-5,10,12-15,18H,6-9H2,(H,19,20)/b18-10-;. The number of benzene rings is 2. The second kappa shape index (κ2) is 10.1. The third kappa shape index (κ3) is 4.22. The molecule has 4 bridgehead atoms. The maximum atomic E-state index is 12.8. The summed E-state index contributed by atoms with van der Waals surface area (Å²) in [5.74, 6) is 2.57. The lowest BCUT2D eigenvalue weighted by atomic mass is 9.79. The first-order valence-corrected chi connectivity index (χ1v) is 15.4. The zero-order chi connectivity index (χ0) is 28.2. The molecule has 2 amide bonds. The van der Waals surface area contributed by atoms with E-state index in [1.165, 1.54) is 44.9 Å². The molecular formula is C34H40N4O3. The van der Waals surface area contributed by atoms with Gasteiger partial charge >= 0.3 is 0 Å². The van der Waals surface area contributed by atoms with Gasteiger partial charge in [0.25, 0.3) is 0 Å². The van der Waals surface area contributed by atoms with Crippen molar-refractivity contribution < 1.29 is 14.8 Å². The zero-order valence-electron chi connectivity index (χ0n) is 23.4. The minimum Gasteiger partial charge on any atom is -0.411 e. The lowest BCUT2D eigenvalue weighted by Crippen LogP contribution is -2.34. The Labute approximate surface area is 241 Å². The highest BCUT2D eigenvalue weighted by Crippen LogP contribution is 2.75. The average molecular weight is 553 g/mol. The molecule has 2 spiro atoms. The van der Waals surface area contributed by atoms with Crippen molar-refractivity contribution in [2.24, 2.45) is 63.3 Å². The molecule has 2 aromatic rings. The lowest BCUT2D eigenvalue weighted by molar-refractivity contribution is -0.123. The molecule has 6 aliphatic carbocycles. The monoisotopic (exact) mass is 552 g/mol. The highest BCUT2D eigenvalue weighted by Gasteiger charge is 2.70. The van der Waals surface area contributed by atoms with Crippen LogP contribution in [0.5, 0.6) is 0 Å². The molecule has 6 aliphatic rings. The van der Waals surface area contributed by atoms with E-state index in [9.17, 15) is 9.59 Å². The van der Waals surface area contributed by atoms with Gasteiger partial charge in [0.05, 0.1) is 0 Å². The Balaban J connectivity index is 0.000000135. The lowest BCUT2D eigenvalue weighted by Gasteiger charge is -2.26. The number of hydrogen-bond acceptors (Lipinski definition) is 5. The van der Waals surface area contributed by atoms with Crippen LogP contribution in [0.25, 0.3) is 0 Å². The van der Waals surface area contributed by atoms with E-state index in [1.807, 2.05) is 60.7 Å². The van der Waals surface area contributed by atoms with Crippen LogP contribution in [-0.2, 0) is 9.59 Å². The van der Waals surface area contributed by atoms with E-state index < -0.39 is 0 Å². The number of para-hydroxylation sites is 2. The minimum absolute atomic E-state index is 0.0222. The Kier molecular flexibility index (Phi) is 6.51. The number of amides is 2. The second-order valence-electron chi connectivity index (χ2n) is 13.4. The smallest absolute Gasteiger partial charge is 0.228 e. The Hall–Kier alpha value is -3.48. The van der Waals surface area contributed by atoms with Crippen LogP contribution < -0.4 is 10.6 Å². The fourth-order valence-electron chi connectivity index (χ4n) is 10.2. The zero-order valence-corrected chi connectivity index (χ0v) is 23.4. The average Bonchev–Trinajstić information content (AvgIpc) is 3.86. The normalized spacial score (nSPS) is 35.7. The van der Waals surface area contributed by atoms with Gasteiger partial charge in [-0.1, -0.05) is 36.4 Å². The van der Waals surface area contributed by atoms with Gasteiger partial charge in [-0.15, -0.1) is 5.16 Å². The number of rotatable bonds is 6. The summed E-state index contributed by atoms with van der Waals surface area (Å²) in [7, 11) is 0. The SMILES string of the molecule is N=CC1C(C(=O)Nc2ccccc2)C2CCC1C21CC1.O=C(Nc1ccccc1)C1C(/C=N\O)C2CCC1C21CC1. The highest BCUT2D eigenvalue weighted by molar-refractivity contribution is 5.96. The second-order valence-corrected chi connectivity index (χ2v) is 13.4. The van der Waals surface area contributed by atoms with Crippen LogP contribution in [0.2, 0.25) is 0 Å². The van der Waals surface area contributed by atoms with Crippen LogP contribution in [0.4, 0.5) is 11.4 Å². The van der Waals surface area contributed by atoms with Gasteiger partial charge in [0.15, 0.2) is 0 Å². The summed E-state index contributed by atoms with van der Waals surface area (Å²) in [6.45, 7) is 0. The maximum Gasteiger partial charge on any atom is 0.228 e. The van der Waals surface area contributed by atoms with Gasteiger partial charge in [0.2, 0.25) is 11.8 Å². The van der Waals surface area contributed by atoms with E-state index in [1.54, 1.807) is 12.4 Å². The number of carbonyl (C=O) groups is 2. The molecule has 0 aromatic heterocycles. The van der Waals surface area contributed by atoms with Gasteiger partial charge in [-0.25, -0.2) is 0 Å². The summed E-state index contributed by atoms with van der Waals surface area (Å²) in [6.07, 6.45) is 12.9. The first-order chi connectivity index (χ1) is 20.0. The summed E-state index contributed by atoms with van der Waals surface area (Å²) < 4.78 is 0. The van der Waals surface area contributed by atoms with E-state index in [-0.39, 0.29) is 35.5 Å². The Morgan fingerprint density at radius 2 is 1.12 bits per heavy atom. The van der Waals surface area contributed by atoms with Crippen LogP contribution in [0.3, 0.4) is 0 Å². The van der Waals surface area contributed by atoms with E-state index >= 15 is 0 Å². The topological polar surface area (TPSA) is 115 Å². The van der Waals surface area contributed by atoms with Gasteiger partial charge in [0.1, 0.15) is 0 Å². The van der Waals surface area contributed by atoms with E-state index in [2.05, 4.69) is 15.8 Å². The summed E-state index contributed by atoms with van der Waals surface area (Å²) in [6, 6.07) is 19.3. The van der Waals surface area contributed by atoms with E-state index in [0.29, 0.717) is 34.5 Å². The quantitative estimate of drug-likeness (QED) is 0.187. The molecule has 8 rings (SSSR count). The Morgan fingerprint density at radius 1 is 0.707 bits per heavy atom. The van der Waals surface area contributed by atoms with Crippen LogP contribution in [0.15, 0.2) is 65.8 Å². The molecule has 8 atom stereocenters. The third-order valence-electron chi connectivity index (χ3n) is 11.9. The largest absolute Gasteiger partial charge is 0.411 e. The molecule has 2 aromatic carbocycles. The van der Waals surface area contributed by atoms with Crippen molar-refractivity contribution in [2.45, 2.75) is 51.4 Å². The summed E-state index contributed by atoms with van der Waals surface area (Å²) in [4.78, 5) is 25.4. The van der Waals surface area contributed by atoms with Gasteiger partial charge in [-0.2, -0.15) is 0 Å². The van der Waals surface area contributed by atoms with Gasteiger partial charge < -0.3 is 21.3 Å². The Morgan fingerprint density at radius 3 is 1.54 bits per heavy atom. The van der Waals surface area contributed by atoms with Crippen molar-refractivity contribution in [3.05, 3.63) is 60.7 Å². The predicted octanol–water partition coefficient (Wildman–Crippen LogP) is 6.46. The first kappa shape index (κ1) is 26.4. The van der Waals surface area contributed by atoms with Crippen LogP contribution >= 0.6 is 0 Å². The van der Waals surface area contributed by atoms with Crippen molar-refractivity contribution in [2.75, 3.05) is 10.6 Å². The molecule has 6 saturated carbocycles. The molecule has 0 heterocycles. The van der Waals surface area contributed by atoms with Crippen molar-refractivity contribution in [3.8, 4) is 0 Å². The highest BCUT2D eigenvalue weighted by atomic mass is 16.4. The van der Waals surface area contributed by atoms with Crippen LogP contribution in [-0.4, -0.2) is 29.5 Å². The fraction of sp³-hybridized carbons (Fsp3) is 0.529. The summed E-state index contributed by atoms with van der Waals surface area (Å²) in [5.41, 5.74) is 2.52. The first-order valence-electron chi connectivity index (χ1n) is 15.4. The molecule has 6 fully saturated rings. The van der Waals surface area contributed by atoms with Crippen molar-refractivity contribution in [1.82, 2.24) is 0 Å². The predicted molar refractivity (Wildman–Crippen MR) is 159 cm³/mol. The molecule has 214 valence electrons.